The van der Waals surface area contributed by atoms with Gasteiger partial charge in [-0.25, -0.2) is 0 Å². The number of fused-ring (bicyclic) bond motifs is 1. The van der Waals surface area contributed by atoms with Crippen molar-refractivity contribution < 1.29 is 27.4 Å². The average Bonchev–Trinajstić information content (AvgIpc) is 3.11. The fourth-order valence-corrected chi connectivity index (χ4v) is 3.72. The van der Waals surface area contributed by atoms with Crippen LogP contribution in [0.3, 0.4) is 0 Å². The Kier molecular flexibility index (Phi) is 5.49. The van der Waals surface area contributed by atoms with E-state index in [0.29, 0.717) is 22.2 Å². The van der Waals surface area contributed by atoms with Crippen LogP contribution < -0.4 is 9.47 Å². The molecule has 2 aromatic carbocycles. The maximum Gasteiger partial charge on any atom is 0.573 e. The first-order valence-corrected chi connectivity index (χ1v) is 9.73. The predicted octanol–water partition coefficient (Wildman–Crippen LogP) is 4.96. The molecule has 0 spiro atoms. The Bertz CT molecular complexity index is 1150. The van der Waals surface area contributed by atoms with Gasteiger partial charge >= 0.3 is 6.36 Å². The van der Waals surface area contributed by atoms with Crippen molar-refractivity contribution >= 4 is 22.4 Å². The van der Waals surface area contributed by atoms with E-state index in [1.165, 1.54) is 22.8 Å². The number of ether oxygens (including phenoxy) is 2. The van der Waals surface area contributed by atoms with Crippen molar-refractivity contribution in [2.75, 3.05) is 27.2 Å². The summed E-state index contributed by atoms with van der Waals surface area (Å²) in [6, 6.07) is 10.7. The van der Waals surface area contributed by atoms with Crippen LogP contribution in [0.2, 0.25) is 0 Å². The number of carbonyl (C=O) groups excluding carboxylic acids is 1. The summed E-state index contributed by atoms with van der Waals surface area (Å²) in [4.78, 5) is 15.3. The van der Waals surface area contributed by atoms with Crippen molar-refractivity contribution in [2.24, 2.45) is 0 Å². The topological polar surface area (TPSA) is 43.7 Å². The zero-order chi connectivity index (χ0) is 22.2. The molecule has 0 atom stereocenters. The van der Waals surface area contributed by atoms with Gasteiger partial charge in [-0.3, -0.25) is 9.36 Å². The number of nitrogens with zero attached hydrogens (tertiary/aromatic N) is 2. The van der Waals surface area contributed by atoms with E-state index in [1.807, 2.05) is 13.1 Å². The van der Waals surface area contributed by atoms with Crippen molar-refractivity contribution in [1.29, 1.82) is 0 Å². The van der Waals surface area contributed by atoms with Crippen LogP contribution in [-0.2, 0) is 0 Å². The van der Waals surface area contributed by atoms with E-state index in [-0.39, 0.29) is 11.7 Å². The van der Waals surface area contributed by atoms with Crippen LogP contribution in [-0.4, -0.2) is 49.0 Å². The Hall–Kier alpha value is -3.26. The number of likely N-dealkylation sites (N-methyl/N-ethyl adjacent to an activating group) is 1. The SMILES string of the molecule is COc1ccc(C(=O)n2cc(C3=CCN(C)CC3)c3cc(OC(F)(F)F)ccc32)cc1. The van der Waals surface area contributed by atoms with E-state index in [4.69, 9.17) is 4.74 Å². The lowest BCUT2D eigenvalue weighted by Gasteiger charge is -2.21. The van der Waals surface area contributed by atoms with Gasteiger partial charge in [-0.1, -0.05) is 6.08 Å². The number of hydrogen-bond donors (Lipinski definition) is 0. The molecule has 1 aliphatic heterocycles. The summed E-state index contributed by atoms with van der Waals surface area (Å²) >= 11 is 0. The van der Waals surface area contributed by atoms with E-state index in [1.54, 1.807) is 37.6 Å². The Balaban J connectivity index is 1.82. The van der Waals surface area contributed by atoms with Crippen LogP contribution in [0, 0.1) is 0 Å². The summed E-state index contributed by atoms with van der Waals surface area (Å²) in [6.45, 7) is 1.55. The van der Waals surface area contributed by atoms with Gasteiger partial charge < -0.3 is 14.4 Å². The number of methoxy groups -OCH3 is 1. The molecule has 0 amide bonds. The summed E-state index contributed by atoms with van der Waals surface area (Å²) in [5.41, 5.74) is 2.69. The highest BCUT2D eigenvalue weighted by Gasteiger charge is 2.31. The second-order valence-corrected chi connectivity index (χ2v) is 7.41. The summed E-state index contributed by atoms with van der Waals surface area (Å²) < 4.78 is 49.0. The number of hydrogen-bond acceptors (Lipinski definition) is 4. The fourth-order valence-electron chi connectivity index (χ4n) is 3.72. The van der Waals surface area contributed by atoms with E-state index in [0.717, 1.165) is 30.6 Å². The van der Waals surface area contributed by atoms with Gasteiger partial charge in [0, 0.05) is 35.8 Å². The summed E-state index contributed by atoms with van der Waals surface area (Å²) in [5.74, 6) is 0.0290. The average molecular weight is 430 g/mol. The molecule has 4 rings (SSSR count). The molecule has 2 heterocycles. The molecule has 0 saturated carbocycles. The molecule has 162 valence electrons. The van der Waals surface area contributed by atoms with Crippen molar-refractivity contribution in [3.8, 4) is 11.5 Å². The molecule has 1 aliphatic rings. The number of halogens is 3. The van der Waals surface area contributed by atoms with E-state index < -0.39 is 6.36 Å². The predicted molar refractivity (Wildman–Crippen MR) is 111 cm³/mol. The molecule has 0 bridgehead atoms. The summed E-state index contributed by atoms with van der Waals surface area (Å²) in [7, 11) is 3.54. The van der Waals surface area contributed by atoms with Gasteiger partial charge in [-0.2, -0.15) is 0 Å². The third-order valence-electron chi connectivity index (χ3n) is 5.32. The molecule has 0 fully saturated rings. The lowest BCUT2D eigenvalue weighted by Crippen LogP contribution is -2.23. The van der Waals surface area contributed by atoms with Gasteiger partial charge in [0.25, 0.3) is 5.91 Å². The van der Waals surface area contributed by atoms with Crippen LogP contribution in [0.5, 0.6) is 11.5 Å². The monoisotopic (exact) mass is 430 g/mol. The van der Waals surface area contributed by atoms with Crippen LogP contribution in [0.1, 0.15) is 22.3 Å². The molecule has 31 heavy (non-hydrogen) atoms. The highest BCUT2D eigenvalue weighted by molar-refractivity contribution is 6.05. The fraction of sp³-hybridized carbons (Fsp3) is 0.261. The molecule has 0 aliphatic carbocycles. The normalized spacial score (nSPS) is 15.1. The van der Waals surface area contributed by atoms with Gasteiger partial charge in [0.2, 0.25) is 0 Å². The number of carbonyl (C=O) groups is 1. The Morgan fingerprint density at radius 3 is 2.39 bits per heavy atom. The molecule has 0 saturated heterocycles. The van der Waals surface area contributed by atoms with E-state index in [2.05, 4.69) is 9.64 Å². The zero-order valence-electron chi connectivity index (χ0n) is 17.1. The van der Waals surface area contributed by atoms with Gasteiger partial charge in [0.05, 0.1) is 12.6 Å². The van der Waals surface area contributed by atoms with Gasteiger partial charge in [0.1, 0.15) is 11.5 Å². The number of aromatic nitrogens is 1. The van der Waals surface area contributed by atoms with Crippen LogP contribution in [0.15, 0.2) is 54.7 Å². The molecule has 1 aromatic heterocycles. The molecule has 3 aromatic rings. The molecular weight excluding hydrogens is 409 g/mol. The standard InChI is InChI=1S/C23H21F3N2O3/c1-27-11-9-15(10-12-27)20-14-28(22(29)16-3-5-17(30-2)6-4-16)21-8-7-18(13-19(20)21)31-23(24,25)26/h3-9,13-14H,10-12H2,1-2H3. The molecule has 5 nitrogen and oxygen atoms in total. The van der Waals surface area contributed by atoms with Gasteiger partial charge in [-0.05, 0) is 61.5 Å². The van der Waals surface area contributed by atoms with Crippen molar-refractivity contribution in [1.82, 2.24) is 9.47 Å². The molecule has 0 unspecified atom stereocenters. The van der Waals surface area contributed by atoms with E-state index in [9.17, 15) is 18.0 Å². The largest absolute Gasteiger partial charge is 0.573 e. The summed E-state index contributed by atoms with van der Waals surface area (Å²) in [6.07, 6.45) is -0.317. The highest BCUT2D eigenvalue weighted by Crippen LogP contribution is 2.35. The first-order chi connectivity index (χ1) is 14.7. The van der Waals surface area contributed by atoms with Crippen LogP contribution in [0.25, 0.3) is 16.5 Å². The van der Waals surface area contributed by atoms with Gasteiger partial charge in [-0.15, -0.1) is 13.2 Å². The van der Waals surface area contributed by atoms with Crippen molar-refractivity contribution in [2.45, 2.75) is 12.8 Å². The lowest BCUT2D eigenvalue weighted by atomic mass is 9.99. The molecule has 0 radical (unpaired) electrons. The van der Waals surface area contributed by atoms with Crippen LogP contribution >= 0.6 is 0 Å². The number of alkyl halides is 3. The van der Waals surface area contributed by atoms with Crippen LogP contribution in [0.4, 0.5) is 13.2 Å². The lowest BCUT2D eigenvalue weighted by molar-refractivity contribution is -0.274. The Morgan fingerprint density at radius 1 is 1.06 bits per heavy atom. The highest BCUT2D eigenvalue weighted by atomic mass is 19.4. The molecular formula is C23H21F3N2O3. The minimum atomic E-state index is -4.79. The maximum absolute atomic E-state index is 13.2. The minimum absolute atomic E-state index is 0.281. The summed E-state index contributed by atoms with van der Waals surface area (Å²) in [5, 5.41) is 0.541. The van der Waals surface area contributed by atoms with Crippen molar-refractivity contribution in [3.63, 3.8) is 0 Å². The van der Waals surface area contributed by atoms with Crippen molar-refractivity contribution in [3.05, 3.63) is 65.9 Å². The Labute approximate surface area is 177 Å². The first-order valence-electron chi connectivity index (χ1n) is 9.73. The van der Waals surface area contributed by atoms with E-state index >= 15 is 0 Å². The minimum Gasteiger partial charge on any atom is -0.497 e. The number of benzene rings is 2. The number of rotatable bonds is 4. The third-order valence-corrected chi connectivity index (χ3v) is 5.32. The maximum atomic E-state index is 13.2. The van der Waals surface area contributed by atoms with Gasteiger partial charge in [0.15, 0.2) is 0 Å². The first kappa shape index (κ1) is 21.0. The second-order valence-electron chi connectivity index (χ2n) is 7.41. The third kappa shape index (κ3) is 4.44. The molecule has 0 N–H and O–H groups in total. The molecule has 8 heteroatoms. The zero-order valence-corrected chi connectivity index (χ0v) is 17.1. The Morgan fingerprint density at radius 2 is 1.77 bits per heavy atom. The smallest absolute Gasteiger partial charge is 0.497 e. The second kappa shape index (κ2) is 8.11. The quantitative estimate of drug-likeness (QED) is 0.587.